The molecule has 0 spiro atoms. The predicted molar refractivity (Wildman–Crippen MR) is 92.1 cm³/mol. The van der Waals surface area contributed by atoms with E-state index in [1.807, 2.05) is 7.05 Å². The molecule has 1 amide bonds. The van der Waals surface area contributed by atoms with Crippen LogP contribution in [0.2, 0.25) is 0 Å². The van der Waals surface area contributed by atoms with Gasteiger partial charge in [-0.05, 0) is 46.2 Å². The highest BCUT2D eigenvalue weighted by atomic mass is 19.4. The van der Waals surface area contributed by atoms with E-state index in [0.717, 1.165) is 51.5 Å². The number of hydrogen-bond donors (Lipinski definition) is 1. The Morgan fingerprint density at radius 2 is 1.85 bits per heavy atom. The molecular formula is C18H27F3N4O. The molecule has 1 atom stereocenters. The van der Waals surface area contributed by atoms with Crippen molar-refractivity contribution >= 4 is 5.91 Å². The first-order chi connectivity index (χ1) is 12.3. The Labute approximate surface area is 151 Å². The van der Waals surface area contributed by atoms with Gasteiger partial charge in [0, 0.05) is 18.3 Å². The second-order valence-corrected chi connectivity index (χ2v) is 7.62. The lowest BCUT2D eigenvalue weighted by Crippen LogP contribution is -2.37. The number of likely N-dealkylation sites (tertiary alicyclic amines) is 1. The summed E-state index contributed by atoms with van der Waals surface area (Å²) < 4.78 is 42.1. The normalized spacial score (nSPS) is 23.2. The summed E-state index contributed by atoms with van der Waals surface area (Å²) in [6.07, 6.45) is 1.82. The molecule has 1 N–H and O–H groups in total. The van der Waals surface area contributed by atoms with Crippen LogP contribution in [0.1, 0.15) is 72.7 Å². The summed E-state index contributed by atoms with van der Waals surface area (Å²) >= 11 is 0. The molecule has 1 saturated heterocycles. The zero-order chi connectivity index (χ0) is 18.9. The van der Waals surface area contributed by atoms with E-state index in [1.54, 1.807) is 6.92 Å². The Bertz CT molecular complexity index is 650. The third kappa shape index (κ3) is 4.05. The van der Waals surface area contributed by atoms with Crippen molar-refractivity contribution in [3.63, 3.8) is 0 Å². The van der Waals surface area contributed by atoms with Crippen LogP contribution in [0.3, 0.4) is 0 Å². The minimum absolute atomic E-state index is 0.0408. The molecule has 2 fully saturated rings. The molecule has 0 radical (unpaired) electrons. The summed E-state index contributed by atoms with van der Waals surface area (Å²) in [4.78, 5) is 14.8. The first-order valence-electron chi connectivity index (χ1n) is 9.43. The molecule has 1 aliphatic heterocycles. The summed E-state index contributed by atoms with van der Waals surface area (Å²) in [5.41, 5.74) is -1.06. The molecule has 2 heterocycles. The molecule has 1 aromatic heterocycles. The van der Waals surface area contributed by atoms with Crippen LogP contribution in [0.5, 0.6) is 0 Å². The van der Waals surface area contributed by atoms with Crippen LogP contribution < -0.4 is 5.32 Å². The highest BCUT2D eigenvalue weighted by molar-refractivity contribution is 5.96. The van der Waals surface area contributed by atoms with Crippen molar-refractivity contribution in [1.82, 2.24) is 20.0 Å². The smallest absolute Gasteiger partial charge is 0.349 e. The number of hydrogen-bond acceptors (Lipinski definition) is 3. The Morgan fingerprint density at radius 3 is 2.46 bits per heavy atom. The van der Waals surface area contributed by atoms with Crippen LogP contribution in [-0.4, -0.2) is 46.8 Å². The number of carbonyl (C=O) groups is 1. The Hall–Kier alpha value is -1.57. The van der Waals surface area contributed by atoms with Crippen LogP contribution in [0.25, 0.3) is 0 Å². The quantitative estimate of drug-likeness (QED) is 0.883. The minimum Gasteiger partial charge on any atom is -0.349 e. The van der Waals surface area contributed by atoms with E-state index in [1.165, 1.54) is 4.68 Å². The van der Waals surface area contributed by atoms with Crippen molar-refractivity contribution in [2.24, 2.45) is 0 Å². The van der Waals surface area contributed by atoms with Crippen molar-refractivity contribution < 1.29 is 18.0 Å². The summed E-state index contributed by atoms with van der Waals surface area (Å²) in [5, 5.41) is 6.67. The van der Waals surface area contributed by atoms with Crippen LogP contribution in [0.15, 0.2) is 0 Å². The lowest BCUT2D eigenvalue weighted by molar-refractivity contribution is -0.142. The molecular weight excluding hydrogens is 345 g/mol. The average Bonchev–Trinajstić information content (AvgIpc) is 2.93. The maximum atomic E-state index is 13.6. The van der Waals surface area contributed by atoms with E-state index in [9.17, 15) is 18.0 Å². The maximum Gasteiger partial charge on any atom is 0.435 e. The number of rotatable bonds is 3. The number of likely N-dealkylation sites (N-methyl/N-ethyl adjacent to an activating group) is 1. The van der Waals surface area contributed by atoms with Gasteiger partial charge in [-0.1, -0.05) is 19.3 Å². The second-order valence-electron chi connectivity index (χ2n) is 7.62. The number of alkyl halides is 3. The summed E-state index contributed by atoms with van der Waals surface area (Å²) in [6, 6.07) is -0.174. The van der Waals surface area contributed by atoms with Gasteiger partial charge in [-0.25, -0.2) is 0 Å². The van der Waals surface area contributed by atoms with Gasteiger partial charge in [0.2, 0.25) is 0 Å². The van der Waals surface area contributed by atoms with Crippen LogP contribution in [0, 0.1) is 6.92 Å². The fraction of sp³-hybridized carbons (Fsp3) is 0.778. The first-order valence-corrected chi connectivity index (χ1v) is 9.43. The molecule has 1 aromatic rings. The van der Waals surface area contributed by atoms with Crippen LogP contribution >= 0.6 is 0 Å². The van der Waals surface area contributed by atoms with E-state index in [0.29, 0.717) is 12.2 Å². The molecule has 2 aliphatic rings. The SMILES string of the molecule is Cc1c(C(=O)NC2CCCCC2)c(C(F)(F)F)nn1C1CCCN(C)C1. The fourth-order valence-electron chi connectivity index (χ4n) is 4.19. The van der Waals surface area contributed by atoms with Gasteiger partial charge in [0.25, 0.3) is 5.91 Å². The van der Waals surface area contributed by atoms with Gasteiger partial charge in [0.1, 0.15) is 0 Å². The Morgan fingerprint density at radius 1 is 1.15 bits per heavy atom. The number of amides is 1. The van der Waals surface area contributed by atoms with Gasteiger partial charge in [-0.15, -0.1) is 0 Å². The molecule has 146 valence electrons. The van der Waals surface area contributed by atoms with Crippen LogP contribution in [-0.2, 0) is 6.18 Å². The third-order valence-corrected chi connectivity index (χ3v) is 5.53. The van der Waals surface area contributed by atoms with E-state index in [4.69, 9.17) is 0 Å². The van der Waals surface area contributed by atoms with Gasteiger partial charge in [0.15, 0.2) is 5.69 Å². The molecule has 1 aliphatic carbocycles. The van der Waals surface area contributed by atoms with E-state index in [2.05, 4.69) is 15.3 Å². The Balaban J connectivity index is 1.90. The van der Waals surface area contributed by atoms with Gasteiger partial charge in [0.05, 0.1) is 11.6 Å². The lowest BCUT2D eigenvalue weighted by atomic mass is 9.95. The zero-order valence-electron chi connectivity index (χ0n) is 15.4. The predicted octanol–water partition coefficient (Wildman–Crippen LogP) is 3.54. The van der Waals surface area contributed by atoms with Crippen molar-refractivity contribution in [1.29, 1.82) is 0 Å². The lowest BCUT2D eigenvalue weighted by Gasteiger charge is -2.30. The Kier molecular flexibility index (Phi) is 5.60. The number of halogens is 3. The third-order valence-electron chi connectivity index (χ3n) is 5.53. The number of piperidine rings is 1. The number of nitrogens with zero attached hydrogens (tertiary/aromatic N) is 3. The highest BCUT2D eigenvalue weighted by Crippen LogP contribution is 2.35. The topological polar surface area (TPSA) is 50.2 Å². The number of carbonyl (C=O) groups excluding carboxylic acids is 1. The highest BCUT2D eigenvalue weighted by Gasteiger charge is 2.42. The van der Waals surface area contributed by atoms with E-state index >= 15 is 0 Å². The number of aromatic nitrogens is 2. The molecule has 8 heteroatoms. The van der Waals surface area contributed by atoms with Gasteiger partial charge in [-0.2, -0.15) is 18.3 Å². The molecule has 1 unspecified atom stereocenters. The van der Waals surface area contributed by atoms with Crippen molar-refractivity contribution in [2.45, 2.75) is 70.1 Å². The molecule has 0 aromatic carbocycles. The summed E-state index contributed by atoms with van der Waals surface area (Å²) in [7, 11) is 1.95. The fourth-order valence-corrected chi connectivity index (χ4v) is 4.19. The van der Waals surface area contributed by atoms with Crippen molar-refractivity contribution in [2.75, 3.05) is 20.1 Å². The minimum atomic E-state index is -4.64. The molecule has 0 bridgehead atoms. The van der Waals surface area contributed by atoms with Gasteiger partial charge >= 0.3 is 6.18 Å². The molecule has 26 heavy (non-hydrogen) atoms. The van der Waals surface area contributed by atoms with Gasteiger partial charge in [-0.3, -0.25) is 9.48 Å². The van der Waals surface area contributed by atoms with Gasteiger partial charge < -0.3 is 10.2 Å². The maximum absolute atomic E-state index is 13.6. The van der Waals surface area contributed by atoms with E-state index < -0.39 is 17.8 Å². The molecule has 1 saturated carbocycles. The standard InChI is InChI=1S/C18H27F3N4O/c1-12-15(17(26)22-13-7-4-3-5-8-13)16(18(19,20)21)23-25(12)14-9-6-10-24(2)11-14/h13-14H,3-11H2,1-2H3,(H,22,26). The monoisotopic (exact) mass is 372 g/mol. The second kappa shape index (κ2) is 7.58. The van der Waals surface area contributed by atoms with Crippen molar-refractivity contribution in [3.05, 3.63) is 17.0 Å². The number of nitrogens with one attached hydrogen (secondary N) is 1. The van der Waals surface area contributed by atoms with Crippen LogP contribution in [0.4, 0.5) is 13.2 Å². The largest absolute Gasteiger partial charge is 0.435 e. The zero-order valence-corrected chi connectivity index (χ0v) is 15.4. The summed E-state index contributed by atoms with van der Waals surface area (Å²) in [5.74, 6) is -0.642. The van der Waals surface area contributed by atoms with E-state index in [-0.39, 0.29) is 17.6 Å². The molecule has 5 nitrogen and oxygen atoms in total. The molecule has 3 rings (SSSR count). The summed E-state index contributed by atoms with van der Waals surface area (Å²) in [6.45, 7) is 3.15. The first kappa shape index (κ1) is 19.2. The average molecular weight is 372 g/mol. The van der Waals surface area contributed by atoms with Crippen molar-refractivity contribution in [3.8, 4) is 0 Å².